The molecule has 0 fully saturated rings. The van der Waals surface area contributed by atoms with Gasteiger partial charge in [0.05, 0.1) is 0 Å². The van der Waals surface area contributed by atoms with E-state index in [1.165, 1.54) is 110 Å². The Morgan fingerprint density at radius 2 is 0.762 bits per heavy atom. The monoisotopic (exact) mass is 297 g/mol. The molecule has 128 valence electrons. The highest BCUT2D eigenvalue weighted by Gasteiger charge is 2.01. The van der Waals surface area contributed by atoms with E-state index in [-0.39, 0.29) is 0 Å². The third-order valence-electron chi connectivity index (χ3n) is 4.60. The maximum absolute atomic E-state index is 2.66. The molecule has 21 heavy (non-hydrogen) atoms. The predicted octanol–water partition coefficient (Wildman–Crippen LogP) is 6.81. The van der Waals surface area contributed by atoms with Gasteiger partial charge in [-0.2, -0.15) is 0 Å². The molecule has 0 atom stereocenters. The number of unbranched alkanes of at least 4 members (excludes halogenated alkanes) is 12. The molecule has 0 unspecified atom stereocenters. The van der Waals surface area contributed by atoms with Gasteiger partial charge in [0.15, 0.2) is 0 Å². The lowest BCUT2D eigenvalue weighted by atomic mass is 10.1. The fourth-order valence-electron chi connectivity index (χ4n) is 3.01. The van der Waals surface area contributed by atoms with Crippen molar-refractivity contribution < 1.29 is 0 Å². The van der Waals surface area contributed by atoms with Crippen LogP contribution < -0.4 is 0 Å². The maximum atomic E-state index is 2.66. The van der Waals surface area contributed by atoms with Gasteiger partial charge in [0.1, 0.15) is 0 Å². The van der Waals surface area contributed by atoms with Crippen LogP contribution in [0.3, 0.4) is 0 Å². The highest BCUT2D eigenvalue weighted by molar-refractivity contribution is 4.57. The summed E-state index contributed by atoms with van der Waals surface area (Å²) in [5.41, 5.74) is 0. The van der Waals surface area contributed by atoms with E-state index in [0.717, 1.165) is 0 Å². The highest BCUT2D eigenvalue weighted by Crippen LogP contribution is 2.10. The largest absolute Gasteiger partial charge is 0.304 e. The molecule has 0 aromatic carbocycles. The fraction of sp³-hybridized carbons (Fsp3) is 1.00. The summed E-state index contributed by atoms with van der Waals surface area (Å²) < 4.78 is 0. The number of rotatable bonds is 17. The van der Waals surface area contributed by atoms with Crippen molar-refractivity contribution in [1.82, 2.24) is 4.90 Å². The van der Waals surface area contributed by atoms with Crippen LogP contribution in [-0.2, 0) is 0 Å². The van der Waals surface area contributed by atoms with E-state index < -0.39 is 0 Å². The molecule has 1 nitrogen and oxygen atoms in total. The first-order valence-corrected chi connectivity index (χ1v) is 10.1. The highest BCUT2D eigenvalue weighted by atomic mass is 15.1. The van der Waals surface area contributed by atoms with Gasteiger partial charge in [-0.3, -0.25) is 0 Å². The summed E-state index contributed by atoms with van der Waals surface area (Å²) in [5.74, 6) is 0. The molecular formula is C20H43N. The van der Waals surface area contributed by atoms with Crippen LogP contribution >= 0.6 is 0 Å². The summed E-state index contributed by atoms with van der Waals surface area (Å²) in [6.07, 6.45) is 20.0. The van der Waals surface area contributed by atoms with Gasteiger partial charge in [0, 0.05) is 0 Å². The number of nitrogens with zero attached hydrogens (tertiary/aromatic N) is 1. The molecule has 0 radical (unpaired) electrons. The molecule has 0 aliphatic carbocycles. The standard InChI is InChI=1S/C20H43N/c1-4-7-9-11-13-14-16-18-20-21(6-3)19-17-15-12-10-8-5-2/h4-20H2,1-3H3. The molecule has 0 heterocycles. The first-order valence-electron chi connectivity index (χ1n) is 10.1. The quantitative estimate of drug-likeness (QED) is 0.266. The van der Waals surface area contributed by atoms with Gasteiger partial charge in [-0.15, -0.1) is 0 Å². The average Bonchev–Trinajstić information content (AvgIpc) is 2.51. The Labute approximate surface area is 135 Å². The van der Waals surface area contributed by atoms with Crippen molar-refractivity contribution in [3.63, 3.8) is 0 Å². The van der Waals surface area contributed by atoms with Crippen LogP contribution in [0, 0.1) is 0 Å². The first-order chi connectivity index (χ1) is 10.3. The molecule has 1 heteroatoms. The van der Waals surface area contributed by atoms with E-state index in [1.807, 2.05) is 0 Å². The minimum Gasteiger partial charge on any atom is -0.304 e. The van der Waals surface area contributed by atoms with Crippen molar-refractivity contribution in [2.24, 2.45) is 0 Å². The fourth-order valence-corrected chi connectivity index (χ4v) is 3.01. The Kier molecular flexibility index (Phi) is 18.0. The zero-order valence-electron chi connectivity index (χ0n) is 15.5. The van der Waals surface area contributed by atoms with Crippen LogP contribution in [-0.4, -0.2) is 24.5 Å². The van der Waals surface area contributed by atoms with E-state index in [1.54, 1.807) is 0 Å². The van der Waals surface area contributed by atoms with E-state index in [2.05, 4.69) is 25.7 Å². The van der Waals surface area contributed by atoms with Gasteiger partial charge < -0.3 is 4.90 Å². The predicted molar refractivity (Wildman–Crippen MR) is 98.1 cm³/mol. The normalized spacial score (nSPS) is 11.4. The van der Waals surface area contributed by atoms with E-state index >= 15 is 0 Å². The summed E-state index contributed by atoms with van der Waals surface area (Å²) in [7, 11) is 0. The summed E-state index contributed by atoms with van der Waals surface area (Å²) in [6, 6.07) is 0. The van der Waals surface area contributed by atoms with Crippen LogP contribution in [0.15, 0.2) is 0 Å². The van der Waals surface area contributed by atoms with Crippen molar-refractivity contribution in [3.05, 3.63) is 0 Å². The Morgan fingerprint density at radius 3 is 1.10 bits per heavy atom. The lowest BCUT2D eigenvalue weighted by Crippen LogP contribution is -2.25. The molecule has 0 aromatic rings. The second kappa shape index (κ2) is 18.0. The van der Waals surface area contributed by atoms with E-state index in [0.29, 0.717) is 0 Å². The average molecular weight is 298 g/mol. The second-order valence-corrected chi connectivity index (χ2v) is 6.68. The van der Waals surface area contributed by atoms with E-state index in [4.69, 9.17) is 0 Å². The van der Waals surface area contributed by atoms with Crippen molar-refractivity contribution in [2.45, 2.75) is 111 Å². The lowest BCUT2D eigenvalue weighted by Gasteiger charge is -2.20. The van der Waals surface area contributed by atoms with Crippen LogP contribution in [0.2, 0.25) is 0 Å². The summed E-state index contributed by atoms with van der Waals surface area (Å²) >= 11 is 0. The molecule has 0 aliphatic heterocycles. The lowest BCUT2D eigenvalue weighted by molar-refractivity contribution is 0.273. The van der Waals surface area contributed by atoms with Gasteiger partial charge in [0.2, 0.25) is 0 Å². The van der Waals surface area contributed by atoms with Crippen LogP contribution in [0.4, 0.5) is 0 Å². The third-order valence-corrected chi connectivity index (χ3v) is 4.60. The molecule has 0 aromatic heterocycles. The van der Waals surface area contributed by atoms with Crippen molar-refractivity contribution >= 4 is 0 Å². The van der Waals surface area contributed by atoms with Crippen molar-refractivity contribution in [1.29, 1.82) is 0 Å². The zero-order chi connectivity index (χ0) is 15.6. The Bertz CT molecular complexity index is 179. The Hall–Kier alpha value is -0.0400. The number of hydrogen-bond donors (Lipinski definition) is 0. The Balaban J connectivity index is 3.28. The summed E-state index contributed by atoms with van der Waals surface area (Å²) in [4.78, 5) is 2.66. The molecular weight excluding hydrogens is 254 g/mol. The topological polar surface area (TPSA) is 3.24 Å². The molecule has 0 amide bonds. The van der Waals surface area contributed by atoms with Gasteiger partial charge >= 0.3 is 0 Å². The first kappa shape index (κ1) is 21.0. The molecule has 0 saturated carbocycles. The SMILES string of the molecule is CCCCCCCCCCN(CC)CCCCCCCC. The minimum absolute atomic E-state index is 1.24. The third kappa shape index (κ3) is 16.2. The van der Waals surface area contributed by atoms with Crippen LogP contribution in [0.25, 0.3) is 0 Å². The molecule has 0 bridgehead atoms. The van der Waals surface area contributed by atoms with Gasteiger partial charge in [0.25, 0.3) is 0 Å². The van der Waals surface area contributed by atoms with Gasteiger partial charge in [-0.1, -0.05) is 97.8 Å². The Morgan fingerprint density at radius 1 is 0.429 bits per heavy atom. The van der Waals surface area contributed by atoms with E-state index in [9.17, 15) is 0 Å². The minimum atomic E-state index is 1.24. The van der Waals surface area contributed by atoms with Gasteiger partial charge in [-0.25, -0.2) is 0 Å². The van der Waals surface area contributed by atoms with Crippen LogP contribution in [0.1, 0.15) is 111 Å². The summed E-state index contributed by atoms with van der Waals surface area (Å²) in [6.45, 7) is 10.8. The molecule has 0 N–H and O–H groups in total. The second-order valence-electron chi connectivity index (χ2n) is 6.68. The molecule has 0 rings (SSSR count). The van der Waals surface area contributed by atoms with Gasteiger partial charge in [-0.05, 0) is 32.5 Å². The smallest absolute Gasteiger partial charge is 0.00189 e. The maximum Gasteiger partial charge on any atom is -0.00189 e. The van der Waals surface area contributed by atoms with Crippen LogP contribution in [0.5, 0.6) is 0 Å². The summed E-state index contributed by atoms with van der Waals surface area (Å²) in [5, 5.41) is 0. The molecule has 0 spiro atoms. The zero-order valence-corrected chi connectivity index (χ0v) is 15.5. The molecule has 0 saturated heterocycles. The van der Waals surface area contributed by atoms with Crippen molar-refractivity contribution in [2.75, 3.05) is 19.6 Å². The molecule has 0 aliphatic rings. The number of hydrogen-bond acceptors (Lipinski definition) is 1. The van der Waals surface area contributed by atoms with Crippen molar-refractivity contribution in [3.8, 4) is 0 Å².